The van der Waals surface area contributed by atoms with Crippen molar-refractivity contribution in [2.45, 2.75) is 43.6 Å². The molecule has 1 amide bonds. The van der Waals surface area contributed by atoms with Crippen LogP contribution in [0.5, 0.6) is 0 Å². The molecule has 1 aromatic heterocycles. The molecule has 0 saturated heterocycles. The molecule has 0 saturated carbocycles. The fraction of sp³-hybridized carbons (Fsp3) is 0.438. The van der Waals surface area contributed by atoms with Crippen LogP contribution in [-0.4, -0.2) is 31.5 Å². The summed E-state index contributed by atoms with van der Waals surface area (Å²) in [5.41, 5.74) is 0.567. The van der Waals surface area contributed by atoms with Gasteiger partial charge in [-0.15, -0.1) is 10.2 Å². The third kappa shape index (κ3) is 4.48. The number of hydrogen-bond acceptors (Lipinski definition) is 4. The van der Waals surface area contributed by atoms with Gasteiger partial charge in [-0.2, -0.15) is 0 Å². The number of carbonyl (C=O) groups excluding carboxylic acids is 1. The molecule has 7 heteroatoms. The Bertz CT molecular complexity index is 708. The van der Waals surface area contributed by atoms with Crippen molar-refractivity contribution >= 4 is 29.3 Å². The number of thioether (sulfide) groups is 1. The molecule has 1 heterocycles. The van der Waals surface area contributed by atoms with Crippen molar-refractivity contribution < 1.29 is 4.79 Å². The fourth-order valence-corrected chi connectivity index (χ4v) is 3.01. The Balaban J connectivity index is 2.17. The van der Waals surface area contributed by atoms with Crippen LogP contribution >= 0.6 is 23.4 Å². The number of rotatable bonds is 4. The highest BCUT2D eigenvalue weighted by Gasteiger charge is 2.23. The van der Waals surface area contributed by atoms with E-state index in [1.807, 2.05) is 63.6 Å². The lowest BCUT2D eigenvalue weighted by Gasteiger charge is -2.22. The van der Waals surface area contributed by atoms with Gasteiger partial charge in [-0.3, -0.25) is 4.79 Å². The van der Waals surface area contributed by atoms with E-state index >= 15 is 0 Å². The van der Waals surface area contributed by atoms with Crippen molar-refractivity contribution in [3.8, 4) is 11.4 Å². The Kier molecular flexibility index (Phi) is 5.37. The van der Waals surface area contributed by atoms with Crippen LogP contribution in [0.25, 0.3) is 11.4 Å². The molecule has 0 bridgehead atoms. The Hall–Kier alpha value is -1.53. The van der Waals surface area contributed by atoms with E-state index < -0.39 is 0 Å². The average molecular weight is 353 g/mol. The summed E-state index contributed by atoms with van der Waals surface area (Å²) in [4.78, 5) is 12.2. The number of amides is 1. The second kappa shape index (κ2) is 6.93. The molecular weight excluding hydrogens is 332 g/mol. The van der Waals surface area contributed by atoms with Crippen LogP contribution in [0.15, 0.2) is 29.4 Å². The number of nitrogens with zero attached hydrogens (tertiary/aromatic N) is 3. The van der Waals surface area contributed by atoms with Crippen molar-refractivity contribution in [2.75, 3.05) is 0 Å². The minimum Gasteiger partial charge on any atom is -0.351 e. The SMILES string of the molecule is C[C@@H](Sc1nnc(-c2ccccc2Cl)n1C)C(=O)NC(C)(C)C. The molecule has 124 valence electrons. The van der Waals surface area contributed by atoms with Crippen LogP contribution in [0.1, 0.15) is 27.7 Å². The molecule has 1 aromatic carbocycles. The first-order chi connectivity index (χ1) is 10.7. The highest BCUT2D eigenvalue weighted by molar-refractivity contribution is 8.00. The van der Waals surface area contributed by atoms with Gasteiger partial charge < -0.3 is 9.88 Å². The van der Waals surface area contributed by atoms with Gasteiger partial charge in [-0.05, 0) is 39.8 Å². The topological polar surface area (TPSA) is 59.8 Å². The van der Waals surface area contributed by atoms with Crippen LogP contribution in [0, 0.1) is 0 Å². The van der Waals surface area contributed by atoms with Crippen LogP contribution in [0.2, 0.25) is 5.02 Å². The van der Waals surface area contributed by atoms with Crippen LogP contribution in [-0.2, 0) is 11.8 Å². The lowest BCUT2D eigenvalue weighted by atomic mass is 10.1. The normalized spacial score (nSPS) is 13.0. The van der Waals surface area contributed by atoms with Crippen molar-refractivity contribution in [2.24, 2.45) is 7.05 Å². The van der Waals surface area contributed by atoms with Gasteiger partial charge in [-0.25, -0.2) is 0 Å². The summed E-state index contributed by atoms with van der Waals surface area (Å²) in [6, 6.07) is 7.49. The van der Waals surface area contributed by atoms with Crippen molar-refractivity contribution in [3.05, 3.63) is 29.3 Å². The first-order valence-electron chi connectivity index (χ1n) is 7.32. The highest BCUT2D eigenvalue weighted by atomic mass is 35.5. The molecule has 0 aliphatic rings. The van der Waals surface area contributed by atoms with Gasteiger partial charge in [0.05, 0.1) is 10.3 Å². The summed E-state index contributed by atoms with van der Waals surface area (Å²) < 4.78 is 1.85. The van der Waals surface area contributed by atoms with E-state index in [1.54, 1.807) is 0 Å². The molecule has 0 spiro atoms. The second-order valence-electron chi connectivity index (χ2n) is 6.34. The van der Waals surface area contributed by atoms with Crippen molar-refractivity contribution in [1.29, 1.82) is 0 Å². The highest BCUT2D eigenvalue weighted by Crippen LogP contribution is 2.29. The van der Waals surface area contributed by atoms with Gasteiger partial charge in [0.25, 0.3) is 0 Å². The monoisotopic (exact) mass is 352 g/mol. The minimum absolute atomic E-state index is 0.0233. The summed E-state index contributed by atoms with van der Waals surface area (Å²) in [7, 11) is 1.87. The maximum Gasteiger partial charge on any atom is 0.233 e. The van der Waals surface area contributed by atoms with E-state index in [4.69, 9.17) is 11.6 Å². The predicted molar refractivity (Wildman–Crippen MR) is 94.7 cm³/mol. The van der Waals surface area contributed by atoms with Crippen LogP contribution in [0.3, 0.4) is 0 Å². The van der Waals surface area contributed by atoms with E-state index in [2.05, 4.69) is 15.5 Å². The third-order valence-corrected chi connectivity index (χ3v) is 4.56. The standard InChI is InChI=1S/C16H21ClN4OS/c1-10(14(22)18-16(2,3)4)23-15-20-19-13(21(15)5)11-8-6-7-9-12(11)17/h6-10H,1-5H3,(H,18,22)/t10-/m1/s1. The molecule has 1 atom stereocenters. The van der Waals surface area contributed by atoms with E-state index in [1.165, 1.54) is 11.8 Å². The number of halogens is 1. The number of carbonyl (C=O) groups is 1. The lowest BCUT2D eigenvalue weighted by molar-refractivity contribution is -0.121. The Labute approximate surface area is 145 Å². The van der Waals surface area contributed by atoms with E-state index in [0.29, 0.717) is 16.0 Å². The van der Waals surface area contributed by atoms with Gasteiger partial charge >= 0.3 is 0 Å². The quantitative estimate of drug-likeness (QED) is 0.855. The van der Waals surface area contributed by atoms with Crippen LogP contribution in [0.4, 0.5) is 0 Å². The van der Waals surface area contributed by atoms with E-state index in [0.717, 1.165) is 5.56 Å². The van der Waals surface area contributed by atoms with Gasteiger partial charge in [0.15, 0.2) is 11.0 Å². The number of hydrogen-bond donors (Lipinski definition) is 1. The van der Waals surface area contributed by atoms with Crippen molar-refractivity contribution in [3.63, 3.8) is 0 Å². The Morgan fingerprint density at radius 2 is 1.96 bits per heavy atom. The summed E-state index contributed by atoms with van der Waals surface area (Å²) in [5.74, 6) is 0.659. The average Bonchev–Trinajstić information content (AvgIpc) is 2.79. The van der Waals surface area contributed by atoms with Gasteiger partial charge in [0.2, 0.25) is 5.91 Å². The summed E-state index contributed by atoms with van der Waals surface area (Å²) in [6.07, 6.45) is 0. The van der Waals surface area contributed by atoms with Crippen LogP contribution < -0.4 is 5.32 Å². The second-order valence-corrected chi connectivity index (χ2v) is 8.06. The molecule has 0 unspecified atom stereocenters. The first-order valence-corrected chi connectivity index (χ1v) is 8.58. The fourth-order valence-electron chi connectivity index (χ4n) is 1.98. The largest absolute Gasteiger partial charge is 0.351 e. The zero-order chi connectivity index (χ0) is 17.2. The summed E-state index contributed by atoms with van der Waals surface area (Å²) >= 11 is 7.59. The number of aromatic nitrogens is 3. The summed E-state index contributed by atoms with van der Waals surface area (Å²) in [5, 5.41) is 12.4. The minimum atomic E-state index is -0.267. The molecule has 5 nitrogen and oxygen atoms in total. The molecule has 0 radical (unpaired) electrons. The van der Waals surface area contributed by atoms with Gasteiger partial charge in [-0.1, -0.05) is 35.5 Å². The molecule has 1 N–H and O–H groups in total. The summed E-state index contributed by atoms with van der Waals surface area (Å²) in [6.45, 7) is 7.73. The Morgan fingerprint density at radius 3 is 2.57 bits per heavy atom. The maximum atomic E-state index is 12.2. The molecule has 23 heavy (non-hydrogen) atoms. The van der Waals surface area contributed by atoms with Gasteiger partial charge in [0.1, 0.15) is 0 Å². The zero-order valence-electron chi connectivity index (χ0n) is 13.9. The molecule has 0 aliphatic heterocycles. The zero-order valence-corrected chi connectivity index (χ0v) is 15.5. The molecule has 0 aliphatic carbocycles. The third-order valence-electron chi connectivity index (χ3n) is 3.10. The Morgan fingerprint density at radius 1 is 1.30 bits per heavy atom. The molecule has 0 fully saturated rings. The van der Waals surface area contributed by atoms with E-state index in [-0.39, 0.29) is 16.7 Å². The first kappa shape index (κ1) is 17.8. The number of benzene rings is 1. The maximum absolute atomic E-state index is 12.2. The van der Waals surface area contributed by atoms with Gasteiger partial charge in [0, 0.05) is 18.2 Å². The molecule has 2 rings (SSSR count). The predicted octanol–water partition coefficient (Wildman–Crippen LogP) is 3.53. The smallest absolute Gasteiger partial charge is 0.233 e. The number of nitrogens with one attached hydrogen (secondary N) is 1. The molecule has 2 aromatic rings. The van der Waals surface area contributed by atoms with Crippen molar-refractivity contribution in [1.82, 2.24) is 20.1 Å². The lowest BCUT2D eigenvalue weighted by Crippen LogP contribution is -2.44. The van der Waals surface area contributed by atoms with E-state index in [9.17, 15) is 4.79 Å². The molecular formula is C16H21ClN4OS.